The van der Waals surface area contributed by atoms with Gasteiger partial charge in [-0.05, 0) is 98.5 Å². The first-order valence-corrected chi connectivity index (χ1v) is 16.5. The maximum Gasteiger partial charge on any atom is 0.416 e. The highest BCUT2D eigenvalue weighted by Crippen LogP contribution is 2.44. The molecule has 2 atom stereocenters. The van der Waals surface area contributed by atoms with Crippen molar-refractivity contribution in [2.75, 3.05) is 32.2 Å². The van der Waals surface area contributed by atoms with E-state index in [1.165, 1.54) is 26.0 Å². The number of hydrogen-bond donors (Lipinski definition) is 0. The summed E-state index contributed by atoms with van der Waals surface area (Å²) >= 11 is 0. The van der Waals surface area contributed by atoms with E-state index < -0.39 is 47.3 Å². The van der Waals surface area contributed by atoms with Gasteiger partial charge in [0.15, 0.2) is 0 Å². The Hall–Kier alpha value is -4.49. The second-order valence-corrected chi connectivity index (χ2v) is 13.0. The Kier molecular flexibility index (Phi) is 9.66. The summed E-state index contributed by atoms with van der Waals surface area (Å²) in [5, 5.41) is 0. The topological polar surface area (TPSA) is 81.2 Å². The number of benzene rings is 2. The number of methoxy groups -OCH3 is 2. The molecule has 2 aromatic carbocycles. The number of hydrogen-bond acceptors (Lipinski definition) is 7. The maximum absolute atomic E-state index is 13.7. The van der Waals surface area contributed by atoms with E-state index in [1.807, 2.05) is 30.3 Å². The van der Waals surface area contributed by atoms with Crippen molar-refractivity contribution in [3.8, 4) is 16.9 Å². The number of ether oxygens (including phenoxy) is 3. The molecule has 0 radical (unpaired) electrons. The first-order chi connectivity index (χ1) is 23.7. The van der Waals surface area contributed by atoms with Crippen LogP contribution in [0, 0.1) is 5.92 Å². The van der Waals surface area contributed by atoms with Gasteiger partial charge < -0.3 is 19.1 Å². The molecule has 3 heterocycles. The fourth-order valence-electron chi connectivity index (χ4n) is 7.06. The molecule has 268 valence electrons. The fourth-order valence-corrected chi connectivity index (χ4v) is 7.06. The molecule has 50 heavy (non-hydrogen) atoms. The molecule has 6 rings (SSSR count). The van der Waals surface area contributed by atoms with E-state index >= 15 is 0 Å². The Balaban J connectivity index is 1.34. The number of carbonyl (C=O) groups is 2. The number of aromatic nitrogens is 1. The smallest absolute Gasteiger partial charge is 0.416 e. The average Bonchev–Trinajstić information content (AvgIpc) is 3.34. The summed E-state index contributed by atoms with van der Waals surface area (Å²) in [6, 6.07) is 9.92. The zero-order chi connectivity index (χ0) is 36.0. The largest absolute Gasteiger partial charge is 0.496 e. The summed E-state index contributed by atoms with van der Waals surface area (Å²) in [7, 11) is 2.93. The minimum Gasteiger partial charge on any atom is -0.496 e. The molecule has 3 fully saturated rings. The van der Waals surface area contributed by atoms with Gasteiger partial charge in [0.25, 0.3) is 0 Å². The van der Waals surface area contributed by atoms with Gasteiger partial charge in [-0.25, -0.2) is 9.78 Å². The molecule has 2 aliphatic heterocycles. The Morgan fingerprint density at radius 3 is 2.10 bits per heavy atom. The van der Waals surface area contributed by atoms with Crippen LogP contribution in [0.4, 0.5) is 37.0 Å². The van der Waals surface area contributed by atoms with Gasteiger partial charge in [0.1, 0.15) is 17.7 Å². The molecule has 0 unspecified atom stereocenters. The highest BCUT2D eigenvalue weighted by Gasteiger charge is 2.44. The van der Waals surface area contributed by atoms with Gasteiger partial charge in [0, 0.05) is 24.2 Å². The molecule has 0 N–H and O–H groups in total. The monoisotopic (exact) mass is 705 g/mol. The lowest BCUT2D eigenvalue weighted by atomic mass is 9.78. The lowest BCUT2D eigenvalue weighted by Crippen LogP contribution is -2.38. The van der Waals surface area contributed by atoms with Crippen molar-refractivity contribution in [3.05, 3.63) is 76.5 Å². The van der Waals surface area contributed by atoms with Crippen molar-refractivity contribution in [1.82, 2.24) is 9.88 Å². The molecule has 0 bridgehead atoms. The number of pyridine rings is 1. The van der Waals surface area contributed by atoms with Crippen LogP contribution in [0.15, 0.2) is 48.5 Å². The van der Waals surface area contributed by atoms with Crippen LogP contribution in [0.5, 0.6) is 5.75 Å². The van der Waals surface area contributed by atoms with E-state index in [2.05, 4.69) is 4.90 Å². The van der Waals surface area contributed by atoms with Crippen LogP contribution in [0.3, 0.4) is 0 Å². The highest BCUT2D eigenvalue weighted by atomic mass is 19.4. The SMILES string of the molecule is COC(=O)C1CCC(c2ccc(OC)c(-c3ccc(N4CCC4)nc3CN3C(=O)O[C@H](c4cc(C(F)(F)F)cc(C(F)(F)F)c4)[C@@H]3C)c2)CC1. The summed E-state index contributed by atoms with van der Waals surface area (Å²) in [5.41, 5.74) is -0.513. The third-order valence-electron chi connectivity index (χ3n) is 10.0. The minimum atomic E-state index is -5.05. The molecule has 3 aromatic rings. The maximum atomic E-state index is 13.7. The van der Waals surface area contributed by atoms with Crippen LogP contribution in [-0.4, -0.2) is 55.3 Å². The summed E-state index contributed by atoms with van der Waals surface area (Å²) in [4.78, 5) is 33.7. The van der Waals surface area contributed by atoms with E-state index in [1.54, 1.807) is 0 Å². The van der Waals surface area contributed by atoms with Gasteiger partial charge in [0.05, 0.1) is 49.5 Å². The third kappa shape index (κ3) is 7.06. The summed E-state index contributed by atoms with van der Waals surface area (Å²) < 4.78 is 98.1. The van der Waals surface area contributed by atoms with E-state index in [0.29, 0.717) is 53.4 Å². The molecular formula is C36H37F6N3O5. The van der Waals surface area contributed by atoms with Gasteiger partial charge in [-0.15, -0.1) is 0 Å². The zero-order valence-corrected chi connectivity index (χ0v) is 27.7. The Morgan fingerprint density at radius 2 is 1.54 bits per heavy atom. The number of amides is 1. The molecule has 1 aliphatic carbocycles. The van der Waals surface area contributed by atoms with E-state index in [0.717, 1.165) is 37.9 Å². The van der Waals surface area contributed by atoms with Crippen LogP contribution in [-0.2, 0) is 33.2 Å². The predicted molar refractivity (Wildman–Crippen MR) is 170 cm³/mol. The molecule has 8 nitrogen and oxygen atoms in total. The second-order valence-electron chi connectivity index (χ2n) is 13.0. The second kappa shape index (κ2) is 13.7. The first kappa shape index (κ1) is 35.3. The molecule has 0 spiro atoms. The number of carbonyl (C=O) groups excluding carboxylic acids is 2. The number of nitrogens with zero attached hydrogens (tertiary/aromatic N) is 3. The molecule has 1 amide bonds. The van der Waals surface area contributed by atoms with Crippen molar-refractivity contribution in [2.45, 2.75) is 76.0 Å². The van der Waals surface area contributed by atoms with Crippen molar-refractivity contribution in [1.29, 1.82) is 0 Å². The average molecular weight is 706 g/mol. The standard InChI is InChI=1S/C36H37F6N3O5/c1-20-32(24-15-25(35(37,38)39)18-26(16-24)36(40,41)42)50-34(47)45(20)19-29-27(10-12-31(43-29)44-13-4-14-44)28-17-23(9-11-30(28)48-2)21-5-7-22(8-6-21)33(46)49-3/h9-12,15-18,20-22,32H,4-8,13-14,19H2,1-3H3/t20-,21?,22?,32-/m0/s1. The molecule has 2 saturated heterocycles. The van der Waals surface area contributed by atoms with Gasteiger partial charge in [-0.1, -0.05) is 6.07 Å². The Labute approximate surface area is 285 Å². The van der Waals surface area contributed by atoms with Crippen LogP contribution in [0.2, 0.25) is 0 Å². The number of halogens is 6. The first-order valence-electron chi connectivity index (χ1n) is 16.5. The van der Waals surface area contributed by atoms with Crippen LogP contribution in [0.25, 0.3) is 11.1 Å². The van der Waals surface area contributed by atoms with Gasteiger partial charge >= 0.3 is 24.4 Å². The number of alkyl halides is 6. The summed E-state index contributed by atoms with van der Waals surface area (Å²) in [6.45, 7) is 2.98. The molecule has 3 aliphatic rings. The fraction of sp³-hybridized carbons (Fsp3) is 0.472. The van der Waals surface area contributed by atoms with Crippen molar-refractivity contribution in [3.63, 3.8) is 0 Å². The van der Waals surface area contributed by atoms with E-state index in [-0.39, 0.29) is 30.4 Å². The molecule has 1 saturated carbocycles. The molecular weight excluding hydrogens is 668 g/mol. The minimum absolute atomic E-state index is 0.0481. The Morgan fingerprint density at radius 1 is 0.880 bits per heavy atom. The number of esters is 1. The lowest BCUT2D eigenvalue weighted by Gasteiger charge is -2.33. The molecule has 1 aromatic heterocycles. The van der Waals surface area contributed by atoms with E-state index in [4.69, 9.17) is 19.2 Å². The molecule has 14 heteroatoms. The van der Waals surface area contributed by atoms with Crippen LogP contribution < -0.4 is 9.64 Å². The predicted octanol–water partition coefficient (Wildman–Crippen LogP) is 8.53. The summed E-state index contributed by atoms with van der Waals surface area (Å²) in [5.74, 6) is 1.07. The third-order valence-corrected chi connectivity index (χ3v) is 10.0. The van der Waals surface area contributed by atoms with Crippen molar-refractivity contribution < 1.29 is 50.1 Å². The van der Waals surface area contributed by atoms with Crippen molar-refractivity contribution in [2.24, 2.45) is 5.92 Å². The number of anilines is 1. The van der Waals surface area contributed by atoms with Gasteiger partial charge in [-0.3, -0.25) is 9.69 Å². The highest BCUT2D eigenvalue weighted by molar-refractivity contribution is 5.76. The zero-order valence-electron chi connectivity index (χ0n) is 27.7. The van der Waals surface area contributed by atoms with Crippen LogP contribution >= 0.6 is 0 Å². The number of rotatable bonds is 8. The van der Waals surface area contributed by atoms with Gasteiger partial charge in [-0.2, -0.15) is 26.3 Å². The van der Waals surface area contributed by atoms with Crippen LogP contribution in [0.1, 0.15) is 79.0 Å². The van der Waals surface area contributed by atoms with E-state index in [9.17, 15) is 35.9 Å². The Bertz CT molecular complexity index is 1720. The number of cyclic esters (lactones) is 1. The van der Waals surface area contributed by atoms with Gasteiger partial charge in [0.2, 0.25) is 0 Å². The van der Waals surface area contributed by atoms with Crippen molar-refractivity contribution >= 4 is 17.9 Å². The quantitative estimate of drug-likeness (QED) is 0.172. The normalized spacial score (nSPS) is 22.6. The lowest BCUT2D eigenvalue weighted by molar-refractivity contribution is -0.147. The summed E-state index contributed by atoms with van der Waals surface area (Å²) in [6.07, 6.45) is -8.43.